The molecule has 0 radical (unpaired) electrons. The highest BCUT2D eigenvalue weighted by atomic mass is 16.2. The number of rotatable bonds is 4. The molecule has 1 aromatic rings. The topological polar surface area (TPSA) is 105 Å². The molecule has 1 aliphatic heterocycles. The van der Waals surface area contributed by atoms with Gasteiger partial charge in [-0.1, -0.05) is 12.1 Å². The van der Waals surface area contributed by atoms with Crippen molar-refractivity contribution in [3.05, 3.63) is 29.8 Å². The van der Waals surface area contributed by atoms with Gasteiger partial charge in [-0.05, 0) is 38.8 Å². The van der Waals surface area contributed by atoms with Crippen molar-refractivity contribution in [3.8, 4) is 0 Å². The molecule has 7 heteroatoms. The number of amides is 4. The van der Waals surface area contributed by atoms with Crippen LogP contribution in [0.1, 0.15) is 37.0 Å². The third kappa shape index (κ3) is 4.47. The van der Waals surface area contributed by atoms with Crippen LogP contribution in [0.3, 0.4) is 0 Å². The van der Waals surface area contributed by atoms with Gasteiger partial charge < -0.3 is 21.3 Å². The summed E-state index contributed by atoms with van der Waals surface area (Å²) in [5, 5.41) is 5.43. The van der Waals surface area contributed by atoms with Gasteiger partial charge in [0.1, 0.15) is 0 Å². The van der Waals surface area contributed by atoms with E-state index in [1.807, 2.05) is 13.8 Å². The number of hydrogen-bond acceptors (Lipinski definition) is 3. The molecule has 1 fully saturated rings. The summed E-state index contributed by atoms with van der Waals surface area (Å²) >= 11 is 0. The molecule has 1 unspecified atom stereocenters. The first-order valence-corrected chi connectivity index (χ1v) is 8.13. The van der Waals surface area contributed by atoms with Crippen LogP contribution in [0.4, 0.5) is 10.5 Å². The smallest absolute Gasteiger partial charge is 0.319 e. The average Bonchev–Trinajstić information content (AvgIpc) is 2.54. The third-order valence-corrected chi connectivity index (χ3v) is 3.94. The number of urea groups is 1. The molecular formula is C17H24N4O3. The molecule has 1 saturated heterocycles. The number of para-hydroxylation sites is 1. The van der Waals surface area contributed by atoms with Crippen molar-refractivity contribution in [3.63, 3.8) is 0 Å². The van der Waals surface area contributed by atoms with Gasteiger partial charge in [0.15, 0.2) is 0 Å². The Hall–Kier alpha value is -2.57. The number of hydrogen-bond donors (Lipinski definition) is 3. The first kappa shape index (κ1) is 17.8. The molecule has 1 aromatic carbocycles. The van der Waals surface area contributed by atoms with E-state index in [0.717, 1.165) is 6.42 Å². The van der Waals surface area contributed by atoms with Crippen molar-refractivity contribution in [1.82, 2.24) is 10.2 Å². The fourth-order valence-corrected chi connectivity index (χ4v) is 2.76. The largest absolute Gasteiger partial charge is 0.369 e. The Morgan fingerprint density at radius 2 is 1.96 bits per heavy atom. The van der Waals surface area contributed by atoms with Crippen LogP contribution >= 0.6 is 0 Å². The number of anilines is 1. The van der Waals surface area contributed by atoms with Crippen molar-refractivity contribution < 1.29 is 14.4 Å². The summed E-state index contributed by atoms with van der Waals surface area (Å²) < 4.78 is 0. The van der Waals surface area contributed by atoms with Gasteiger partial charge in [0.2, 0.25) is 5.91 Å². The number of primary amides is 1. The maximum atomic E-state index is 12.8. The van der Waals surface area contributed by atoms with E-state index in [-0.39, 0.29) is 29.8 Å². The van der Waals surface area contributed by atoms with Crippen LogP contribution in [0, 0.1) is 5.92 Å². The molecule has 4 amide bonds. The quantitative estimate of drug-likeness (QED) is 0.779. The van der Waals surface area contributed by atoms with Crippen LogP contribution in [0.2, 0.25) is 0 Å². The molecule has 0 aromatic heterocycles. The standard InChI is InChI=1S/C17H24N4O3/c1-11(2)19-17(24)20-14-8-4-3-7-13(14)16(23)21-9-5-6-12(10-21)15(18)22/h3-4,7-8,11-12H,5-6,9-10H2,1-2H3,(H2,18,22)(H2,19,20,24). The van der Waals surface area contributed by atoms with Gasteiger partial charge in [-0.25, -0.2) is 4.79 Å². The average molecular weight is 332 g/mol. The van der Waals surface area contributed by atoms with Crippen LogP contribution in [0.5, 0.6) is 0 Å². The Morgan fingerprint density at radius 3 is 2.62 bits per heavy atom. The first-order valence-electron chi connectivity index (χ1n) is 8.13. The lowest BCUT2D eigenvalue weighted by molar-refractivity contribution is -0.123. The minimum Gasteiger partial charge on any atom is -0.369 e. The second-order valence-electron chi connectivity index (χ2n) is 6.29. The van der Waals surface area contributed by atoms with Crippen molar-refractivity contribution >= 4 is 23.5 Å². The van der Waals surface area contributed by atoms with E-state index in [2.05, 4.69) is 10.6 Å². The van der Waals surface area contributed by atoms with E-state index in [1.54, 1.807) is 29.2 Å². The third-order valence-electron chi connectivity index (χ3n) is 3.94. The predicted molar refractivity (Wildman–Crippen MR) is 91.6 cm³/mol. The van der Waals surface area contributed by atoms with Gasteiger partial charge in [0, 0.05) is 19.1 Å². The number of benzene rings is 1. The lowest BCUT2D eigenvalue weighted by Gasteiger charge is -2.31. The Balaban J connectivity index is 2.14. The summed E-state index contributed by atoms with van der Waals surface area (Å²) in [5.74, 6) is -0.899. The Kier molecular flexibility index (Phi) is 5.78. The molecule has 0 bridgehead atoms. The van der Waals surface area contributed by atoms with E-state index in [9.17, 15) is 14.4 Å². The molecule has 4 N–H and O–H groups in total. The second kappa shape index (κ2) is 7.81. The molecule has 0 aliphatic carbocycles. The van der Waals surface area contributed by atoms with Gasteiger partial charge in [-0.2, -0.15) is 0 Å². The molecule has 1 heterocycles. The van der Waals surface area contributed by atoms with Crippen LogP contribution < -0.4 is 16.4 Å². The molecule has 2 rings (SSSR count). The van der Waals surface area contributed by atoms with E-state index in [0.29, 0.717) is 30.8 Å². The molecule has 0 spiro atoms. The van der Waals surface area contributed by atoms with Crippen molar-refractivity contribution in [2.75, 3.05) is 18.4 Å². The normalized spacial score (nSPS) is 17.5. The number of nitrogens with zero attached hydrogens (tertiary/aromatic N) is 1. The first-order chi connectivity index (χ1) is 11.4. The summed E-state index contributed by atoms with van der Waals surface area (Å²) in [6.45, 7) is 4.61. The molecule has 1 atom stereocenters. The zero-order chi connectivity index (χ0) is 17.7. The Labute approximate surface area is 141 Å². The highest BCUT2D eigenvalue weighted by Crippen LogP contribution is 2.22. The molecule has 24 heavy (non-hydrogen) atoms. The van der Waals surface area contributed by atoms with Crippen molar-refractivity contribution in [2.24, 2.45) is 11.7 Å². The van der Waals surface area contributed by atoms with Crippen LogP contribution in [0.25, 0.3) is 0 Å². The Bertz CT molecular complexity index is 630. The zero-order valence-corrected chi connectivity index (χ0v) is 14.0. The van der Waals surface area contributed by atoms with E-state index < -0.39 is 0 Å². The van der Waals surface area contributed by atoms with E-state index in [1.165, 1.54) is 0 Å². The summed E-state index contributed by atoms with van der Waals surface area (Å²) in [6.07, 6.45) is 1.44. The predicted octanol–water partition coefficient (Wildman–Crippen LogP) is 1.55. The minimum absolute atomic E-state index is 0.00807. The number of likely N-dealkylation sites (tertiary alicyclic amines) is 1. The van der Waals surface area contributed by atoms with Crippen molar-refractivity contribution in [2.45, 2.75) is 32.7 Å². The SMILES string of the molecule is CC(C)NC(=O)Nc1ccccc1C(=O)N1CCCC(C(N)=O)C1. The summed E-state index contributed by atoms with van der Waals surface area (Å²) in [6, 6.07) is 6.48. The molecule has 0 saturated carbocycles. The van der Waals surface area contributed by atoms with Gasteiger partial charge in [-0.15, -0.1) is 0 Å². The summed E-state index contributed by atoms with van der Waals surface area (Å²) in [4.78, 5) is 37.7. The van der Waals surface area contributed by atoms with Crippen LogP contribution in [-0.2, 0) is 4.79 Å². The maximum Gasteiger partial charge on any atom is 0.319 e. The molecule has 7 nitrogen and oxygen atoms in total. The Morgan fingerprint density at radius 1 is 1.25 bits per heavy atom. The lowest BCUT2D eigenvalue weighted by Crippen LogP contribution is -2.44. The number of piperidine rings is 1. The fourth-order valence-electron chi connectivity index (χ4n) is 2.76. The maximum absolute atomic E-state index is 12.8. The van der Waals surface area contributed by atoms with E-state index >= 15 is 0 Å². The highest BCUT2D eigenvalue weighted by Gasteiger charge is 2.28. The number of carbonyl (C=O) groups excluding carboxylic acids is 3. The molecule has 130 valence electrons. The number of nitrogens with one attached hydrogen (secondary N) is 2. The van der Waals surface area contributed by atoms with Gasteiger partial charge >= 0.3 is 6.03 Å². The minimum atomic E-state index is -0.379. The van der Waals surface area contributed by atoms with Gasteiger partial charge in [0.25, 0.3) is 5.91 Å². The summed E-state index contributed by atoms with van der Waals surface area (Å²) in [7, 11) is 0. The van der Waals surface area contributed by atoms with Crippen LogP contribution in [0.15, 0.2) is 24.3 Å². The van der Waals surface area contributed by atoms with Gasteiger partial charge in [0.05, 0.1) is 17.2 Å². The molecular weight excluding hydrogens is 308 g/mol. The summed E-state index contributed by atoms with van der Waals surface area (Å²) in [5.41, 5.74) is 6.22. The zero-order valence-electron chi connectivity index (χ0n) is 14.0. The lowest BCUT2D eigenvalue weighted by atomic mass is 9.96. The van der Waals surface area contributed by atoms with Crippen molar-refractivity contribution in [1.29, 1.82) is 0 Å². The number of carbonyl (C=O) groups is 3. The van der Waals surface area contributed by atoms with E-state index in [4.69, 9.17) is 5.73 Å². The highest BCUT2D eigenvalue weighted by molar-refractivity contribution is 6.03. The fraction of sp³-hybridized carbons (Fsp3) is 0.471. The molecule has 1 aliphatic rings. The number of nitrogens with two attached hydrogens (primary N) is 1. The van der Waals surface area contributed by atoms with Gasteiger partial charge in [-0.3, -0.25) is 9.59 Å². The second-order valence-corrected chi connectivity index (χ2v) is 6.29. The van der Waals surface area contributed by atoms with Crippen LogP contribution in [-0.4, -0.2) is 41.9 Å². The monoisotopic (exact) mass is 332 g/mol.